The Labute approximate surface area is 124 Å². The molecule has 0 aromatic carbocycles. The van der Waals surface area contributed by atoms with Crippen LogP contribution in [-0.4, -0.2) is 34.6 Å². The fraction of sp³-hybridized carbons (Fsp3) is 0.600. The molecule has 0 fully saturated rings. The predicted octanol–water partition coefficient (Wildman–Crippen LogP) is 3.21. The summed E-state index contributed by atoms with van der Waals surface area (Å²) in [5.41, 5.74) is 2.50. The third-order valence-corrected chi connectivity index (χ3v) is 4.30. The summed E-state index contributed by atoms with van der Waals surface area (Å²) < 4.78 is 0. The molecule has 0 bridgehead atoms. The number of hydrogen-bond acceptors (Lipinski definition) is 4. The second-order valence-corrected chi connectivity index (χ2v) is 6.11. The van der Waals surface area contributed by atoms with Gasteiger partial charge in [0.1, 0.15) is 11.4 Å². The third kappa shape index (κ3) is 3.88. The normalized spacial score (nSPS) is 13.8. The topological polar surface area (TPSA) is 62.2 Å². The molecule has 0 saturated carbocycles. The number of carbonyl (C=O) groups is 1. The summed E-state index contributed by atoms with van der Waals surface area (Å²) in [6, 6.07) is 1.81. The van der Waals surface area contributed by atoms with Crippen molar-refractivity contribution in [2.75, 3.05) is 23.9 Å². The smallest absolute Gasteiger partial charge is 0.339 e. The van der Waals surface area contributed by atoms with Crippen LogP contribution in [0.25, 0.3) is 0 Å². The van der Waals surface area contributed by atoms with Crippen LogP contribution in [0.3, 0.4) is 0 Å². The summed E-state index contributed by atoms with van der Waals surface area (Å²) in [7, 11) is 0. The van der Waals surface area contributed by atoms with Crippen LogP contribution < -0.4 is 5.32 Å². The van der Waals surface area contributed by atoms with Crippen LogP contribution in [0.15, 0.2) is 6.07 Å². The number of rotatable bonds is 7. The maximum atomic E-state index is 11.4. The van der Waals surface area contributed by atoms with E-state index in [1.165, 1.54) is 0 Å². The Balaban J connectivity index is 2.07. The standard InChI is InChI=1S/C15H22N2O2S/c1-20-9-5-4-8-16-14-12(15(18)19)10-11-6-2-3-7-13(11)17-14/h10H,2-9H2,1H3,(H,16,17)(H,18,19). The number of aryl methyl sites for hydroxylation is 2. The van der Waals surface area contributed by atoms with Crippen LogP contribution in [0.1, 0.15) is 47.3 Å². The second-order valence-electron chi connectivity index (χ2n) is 5.13. The highest BCUT2D eigenvalue weighted by molar-refractivity contribution is 7.98. The molecule has 1 aliphatic carbocycles. The maximum Gasteiger partial charge on any atom is 0.339 e. The van der Waals surface area contributed by atoms with Gasteiger partial charge in [-0.25, -0.2) is 9.78 Å². The third-order valence-electron chi connectivity index (χ3n) is 3.60. The number of aromatic carboxylic acids is 1. The van der Waals surface area contributed by atoms with Crippen molar-refractivity contribution in [1.82, 2.24) is 4.98 Å². The first-order chi connectivity index (χ1) is 9.72. The summed E-state index contributed by atoms with van der Waals surface area (Å²) in [6.45, 7) is 0.784. The molecule has 0 radical (unpaired) electrons. The Hall–Kier alpha value is -1.23. The summed E-state index contributed by atoms with van der Waals surface area (Å²) in [5, 5.41) is 12.5. The largest absolute Gasteiger partial charge is 0.478 e. The van der Waals surface area contributed by atoms with Crippen molar-refractivity contribution < 1.29 is 9.90 Å². The van der Waals surface area contributed by atoms with Crippen molar-refractivity contribution in [2.45, 2.75) is 38.5 Å². The first kappa shape index (κ1) is 15.2. The van der Waals surface area contributed by atoms with E-state index in [0.29, 0.717) is 11.4 Å². The van der Waals surface area contributed by atoms with E-state index in [-0.39, 0.29) is 0 Å². The van der Waals surface area contributed by atoms with E-state index in [1.54, 1.807) is 0 Å². The molecule has 0 aliphatic heterocycles. The number of fused-ring (bicyclic) bond motifs is 1. The molecule has 4 nitrogen and oxygen atoms in total. The number of unbranched alkanes of at least 4 members (excludes halogenated alkanes) is 1. The van der Waals surface area contributed by atoms with Gasteiger partial charge < -0.3 is 10.4 Å². The van der Waals surface area contributed by atoms with E-state index in [1.807, 2.05) is 17.8 Å². The van der Waals surface area contributed by atoms with E-state index in [0.717, 1.165) is 62.1 Å². The Morgan fingerprint density at radius 1 is 1.40 bits per heavy atom. The van der Waals surface area contributed by atoms with Gasteiger partial charge in [0.2, 0.25) is 0 Å². The van der Waals surface area contributed by atoms with Gasteiger partial charge in [0, 0.05) is 12.2 Å². The highest BCUT2D eigenvalue weighted by atomic mass is 32.2. The zero-order chi connectivity index (χ0) is 14.4. The van der Waals surface area contributed by atoms with E-state index in [4.69, 9.17) is 0 Å². The number of hydrogen-bond donors (Lipinski definition) is 2. The first-order valence-corrected chi connectivity index (χ1v) is 8.60. The molecule has 0 atom stereocenters. The second kappa shape index (κ2) is 7.53. The molecule has 0 spiro atoms. The molecule has 0 unspecified atom stereocenters. The zero-order valence-corrected chi connectivity index (χ0v) is 12.8. The van der Waals surface area contributed by atoms with Crippen molar-refractivity contribution in [3.8, 4) is 0 Å². The Bertz CT molecular complexity index is 477. The SMILES string of the molecule is CSCCCCNc1nc2c(cc1C(=O)O)CCCC2. The molecule has 1 aliphatic rings. The number of pyridine rings is 1. The summed E-state index contributed by atoms with van der Waals surface area (Å²) >= 11 is 1.84. The summed E-state index contributed by atoms with van der Waals surface area (Å²) in [6.07, 6.45) is 8.49. The van der Waals surface area contributed by atoms with Gasteiger partial charge in [-0.1, -0.05) is 0 Å². The minimum Gasteiger partial charge on any atom is -0.478 e. The molecular weight excluding hydrogens is 272 g/mol. The fourth-order valence-electron chi connectivity index (χ4n) is 2.51. The van der Waals surface area contributed by atoms with Crippen LogP contribution in [-0.2, 0) is 12.8 Å². The lowest BCUT2D eigenvalue weighted by molar-refractivity contribution is 0.0697. The van der Waals surface area contributed by atoms with Gasteiger partial charge in [-0.2, -0.15) is 11.8 Å². The highest BCUT2D eigenvalue weighted by Gasteiger charge is 2.18. The molecule has 5 heteroatoms. The van der Waals surface area contributed by atoms with E-state index in [2.05, 4.69) is 16.6 Å². The number of nitrogens with zero attached hydrogens (tertiary/aromatic N) is 1. The van der Waals surface area contributed by atoms with E-state index >= 15 is 0 Å². The Morgan fingerprint density at radius 2 is 2.20 bits per heavy atom. The van der Waals surface area contributed by atoms with Crippen molar-refractivity contribution >= 4 is 23.5 Å². The molecule has 110 valence electrons. The van der Waals surface area contributed by atoms with Gasteiger partial charge in [0.05, 0.1) is 0 Å². The lowest BCUT2D eigenvalue weighted by Crippen LogP contribution is -2.14. The van der Waals surface area contributed by atoms with Crippen LogP contribution in [0.2, 0.25) is 0 Å². The predicted molar refractivity (Wildman–Crippen MR) is 83.9 cm³/mol. The number of carboxylic acid groups (broad SMARTS) is 1. The van der Waals surface area contributed by atoms with Gasteiger partial charge in [-0.3, -0.25) is 0 Å². The minimum atomic E-state index is -0.891. The molecule has 1 aromatic rings. The molecule has 20 heavy (non-hydrogen) atoms. The van der Waals surface area contributed by atoms with Gasteiger partial charge in [0.25, 0.3) is 0 Å². The van der Waals surface area contributed by atoms with Crippen LogP contribution in [0.4, 0.5) is 5.82 Å². The number of nitrogens with one attached hydrogen (secondary N) is 1. The quantitative estimate of drug-likeness (QED) is 0.756. The Kier molecular flexibility index (Phi) is 5.71. The zero-order valence-electron chi connectivity index (χ0n) is 11.9. The highest BCUT2D eigenvalue weighted by Crippen LogP contribution is 2.24. The molecule has 1 aromatic heterocycles. The van der Waals surface area contributed by atoms with Gasteiger partial charge in [-0.15, -0.1) is 0 Å². The van der Waals surface area contributed by atoms with Gasteiger partial charge in [0.15, 0.2) is 0 Å². The average Bonchev–Trinajstić information content (AvgIpc) is 2.46. The average molecular weight is 294 g/mol. The molecule has 2 N–H and O–H groups in total. The molecule has 0 amide bonds. The molecule has 0 saturated heterocycles. The molecule has 1 heterocycles. The summed E-state index contributed by atoms with van der Waals surface area (Å²) in [5.74, 6) is 0.797. The summed E-state index contributed by atoms with van der Waals surface area (Å²) in [4.78, 5) is 15.9. The maximum absolute atomic E-state index is 11.4. The molecular formula is C15H22N2O2S. The lowest BCUT2D eigenvalue weighted by Gasteiger charge is -2.18. The van der Waals surface area contributed by atoms with Crippen LogP contribution >= 0.6 is 11.8 Å². The van der Waals surface area contributed by atoms with Gasteiger partial charge >= 0.3 is 5.97 Å². The number of thioether (sulfide) groups is 1. The van der Waals surface area contributed by atoms with Crippen molar-refractivity contribution in [1.29, 1.82) is 0 Å². The fourth-order valence-corrected chi connectivity index (χ4v) is 3.00. The molecule has 2 rings (SSSR count). The van der Waals surface area contributed by atoms with Gasteiger partial charge in [-0.05, 0) is 62.2 Å². The Morgan fingerprint density at radius 3 is 2.95 bits per heavy atom. The number of carboxylic acids is 1. The lowest BCUT2D eigenvalue weighted by atomic mass is 9.94. The number of aromatic nitrogens is 1. The van der Waals surface area contributed by atoms with E-state index < -0.39 is 5.97 Å². The van der Waals surface area contributed by atoms with Crippen molar-refractivity contribution in [2.24, 2.45) is 0 Å². The first-order valence-electron chi connectivity index (χ1n) is 7.21. The monoisotopic (exact) mass is 294 g/mol. The van der Waals surface area contributed by atoms with Crippen LogP contribution in [0.5, 0.6) is 0 Å². The minimum absolute atomic E-state index is 0.315. The van der Waals surface area contributed by atoms with Crippen molar-refractivity contribution in [3.63, 3.8) is 0 Å². The number of anilines is 1. The van der Waals surface area contributed by atoms with Crippen molar-refractivity contribution in [3.05, 3.63) is 22.9 Å². The van der Waals surface area contributed by atoms with Crippen LogP contribution in [0, 0.1) is 0 Å². The van der Waals surface area contributed by atoms with E-state index in [9.17, 15) is 9.90 Å².